The number of nitrogens with one attached hydrogen (secondary N) is 2. The maximum absolute atomic E-state index is 13.9. The molecule has 1 aromatic rings. The van der Waals surface area contributed by atoms with E-state index in [4.69, 9.17) is 0 Å². The van der Waals surface area contributed by atoms with E-state index in [1.165, 1.54) is 17.0 Å². The van der Waals surface area contributed by atoms with Crippen molar-refractivity contribution in [2.24, 2.45) is 0 Å². The van der Waals surface area contributed by atoms with E-state index in [2.05, 4.69) is 10.6 Å². The molecule has 0 bridgehead atoms. The fourth-order valence-corrected chi connectivity index (χ4v) is 2.28. The van der Waals surface area contributed by atoms with Crippen molar-refractivity contribution >= 4 is 17.5 Å². The lowest BCUT2D eigenvalue weighted by Crippen LogP contribution is -2.37. The van der Waals surface area contributed by atoms with Crippen LogP contribution in [0.5, 0.6) is 0 Å². The number of hydrogen-bond acceptors (Lipinski definition) is 3. The number of rotatable bonds is 4. The first-order valence-corrected chi connectivity index (χ1v) is 7.22. The fraction of sp³-hybridized carbons (Fsp3) is 0.467. The number of anilines is 1. The van der Waals surface area contributed by atoms with Gasteiger partial charge in [-0.2, -0.15) is 0 Å². The summed E-state index contributed by atoms with van der Waals surface area (Å²) in [6, 6.07) is 4.42. The van der Waals surface area contributed by atoms with Crippen molar-refractivity contribution in [1.29, 1.82) is 0 Å². The number of halogens is 1. The molecular formula is C15H20FN3O2. The van der Waals surface area contributed by atoms with Crippen LogP contribution in [0.15, 0.2) is 18.2 Å². The SMILES string of the molecule is CCCNc1c(F)cccc1C(=O)N1CCCNC(=O)C1. The second kappa shape index (κ2) is 7.06. The number of hydrogen-bond donors (Lipinski definition) is 2. The van der Waals surface area contributed by atoms with Gasteiger partial charge in [0.25, 0.3) is 5.91 Å². The number of carbonyl (C=O) groups excluding carboxylic acids is 2. The molecule has 21 heavy (non-hydrogen) atoms. The van der Waals surface area contributed by atoms with Gasteiger partial charge in [-0.3, -0.25) is 9.59 Å². The normalized spacial score (nSPS) is 15.3. The molecule has 1 aliphatic heterocycles. The maximum Gasteiger partial charge on any atom is 0.256 e. The van der Waals surface area contributed by atoms with Crippen molar-refractivity contribution in [2.75, 3.05) is 31.5 Å². The van der Waals surface area contributed by atoms with Gasteiger partial charge >= 0.3 is 0 Å². The molecule has 0 aliphatic carbocycles. The lowest BCUT2D eigenvalue weighted by Gasteiger charge is -2.21. The lowest BCUT2D eigenvalue weighted by atomic mass is 10.1. The molecule has 0 radical (unpaired) electrons. The van der Waals surface area contributed by atoms with Crippen LogP contribution in [-0.2, 0) is 4.79 Å². The van der Waals surface area contributed by atoms with E-state index in [1.807, 2.05) is 6.92 Å². The van der Waals surface area contributed by atoms with Crippen molar-refractivity contribution in [3.8, 4) is 0 Å². The highest BCUT2D eigenvalue weighted by Crippen LogP contribution is 2.22. The van der Waals surface area contributed by atoms with Crippen LogP contribution in [-0.4, -0.2) is 42.9 Å². The minimum Gasteiger partial charge on any atom is -0.382 e. The van der Waals surface area contributed by atoms with Crippen LogP contribution in [0.3, 0.4) is 0 Å². The van der Waals surface area contributed by atoms with E-state index in [1.54, 1.807) is 6.07 Å². The Balaban J connectivity index is 2.25. The van der Waals surface area contributed by atoms with E-state index in [9.17, 15) is 14.0 Å². The molecule has 2 N–H and O–H groups in total. The summed E-state index contributed by atoms with van der Waals surface area (Å²) in [7, 11) is 0. The van der Waals surface area contributed by atoms with E-state index in [-0.39, 0.29) is 29.6 Å². The van der Waals surface area contributed by atoms with Crippen LogP contribution in [0, 0.1) is 5.82 Å². The summed E-state index contributed by atoms with van der Waals surface area (Å²) in [4.78, 5) is 25.6. The molecule has 0 saturated carbocycles. The topological polar surface area (TPSA) is 61.4 Å². The van der Waals surface area contributed by atoms with Crippen molar-refractivity contribution in [2.45, 2.75) is 19.8 Å². The Kier molecular flexibility index (Phi) is 5.14. The predicted octanol–water partition coefficient (Wildman–Crippen LogP) is 1.61. The average Bonchev–Trinajstić information content (AvgIpc) is 2.69. The van der Waals surface area contributed by atoms with Gasteiger partial charge in [0, 0.05) is 19.6 Å². The number of para-hydroxylation sites is 1. The molecule has 5 nitrogen and oxygen atoms in total. The summed E-state index contributed by atoms with van der Waals surface area (Å²) in [6.07, 6.45) is 1.53. The molecule has 1 aromatic carbocycles. The molecule has 2 amide bonds. The summed E-state index contributed by atoms with van der Waals surface area (Å²) in [5.41, 5.74) is 0.493. The van der Waals surface area contributed by atoms with Crippen molar-refractivity contribution in [3.63, 3.8) is 0 Å². The minimum absolute atomic E-state index is 0.0164. The Morgan fingerprint density at radius 1 is 1.48 bits per heavy atom. The van der Waals surface area contributed by atoms with Crippen molar-refractivity contribution in [1.82, 2.24) is 10.2 Å². The summed E-state index contributed by atoms with van der Waals surface area (Å²) in [5.74, 6) is -0.945. The summed E-state index contributed by atoms with van der Waals surface area (Å²) in [6.45, 7) is 3.62. The minimum atomic E-state index is -0.450. The molecule has 6 heteroatoms. The number of benzene rings is 1. The third-order valence-electron chi connectivity index (χ3n) is 3.34. The van der Waals surface area contributed by atoms with Gasteiger partial charge in [-0.15, -0.1) is 0 Å². The molecular weight excluding hydrogens is 273 g/mol. The zero-order valence-electron chi connectivity index (χ0n) is 12.1. The number of carbonyl (C=O) groups is 2. The molecule has 0 atom stereocenters. The van der Waals surface area contributed by atoms with E-state index in [0.29, 0.717) is 26.1 Å². The average molecular weight is 293 g/mol. The third kappa shape index (κ3) is 3.71. The Hall–Kier alpha value is -2.11. The molecule has 0 unspecified atom stereocenters. The highest BCUT2D eigenvalue weighted by Gasteiger charge is 2.24. The van der Waals surface area contributed by atoms with Crippen LogP contribution >= 0.6 is 0 Å². The molecule has 114 valence electrons. The van der Waals surface area contributed by atoms with Crippen LogP contribution in [0.2, 0.25) is 0 Å². The highest BCUT2D eigenvalue weighted by atomic mass is 19.1. The first-order valence-electron chi connectivity index (χ1n) is 7.22. The Bertz CT molecular complexity index is 534. The molecule has 0 aromatic heterocycles. The molecule has 1 heterocycles. The molecule has 1 aliphatic rings. The fourth-order valence-electron chi connectivity index (χ4n) is 2.28. The quantitative estimate of drug-likeness (QED) is 0.886. The maximum atomic E-state index is 13.9. The van der Waals surface area contributed by atoms with E-state index in [0.717, 1.165) is 6.42 Å². The van der Waals surface area contributed by atoms with Crippen LogP contribution in [0.4, 0.5) is 10.1 Å². The smallest absolute Gasteiger partial charge is 0.256 e. The van der Waals surface area contributed by atoms with E-state index >= 15 is 0 Å². The first-order chi connectivity index (χ1) is 10.1. The van der Waals surface area contributed by atoms with Gasteiger partial charge in [0.05, 0.1) is 17.8 Å². The second-order valence-corrected chi connectivity index (χ2v) is 5.02. The van der Waals surface area contributed by atoms with Gasteiger partial charge in [0.15, 0.2) is 0 Å². The number of amides is 2. The third-order valence-corrected chi connectivity index (χ3v) is 3.34. The summed E-state index contributed by atoms with van der Waals surface area (Å²) >= 11 is 0. The summed E-state index contributed by atoms with van der Waals surface area (Å²) in [5, 5.41) is 5.67. The Morgan fingerprint density at radius 3 is 3.05 bits per heavy atom. The van der Waals surface area contributed by atoms with Gasteiger partial charge in [-0.25, -0.2) is 4.39 Å². The van der Waals surface area contributed by atoms with E-state index < -0.39 is 5.82 Å². The zero-order chi connectivity index (χ0) is 15.2. The van der Waals surface area contributed by atoms with Crippen LogP contribution in [0.1, 0.15) is 30.1 Å². The molecule has 1 saturated heterocycles. The highest BCUT2D eigenvalue weighted by molar-refractivity contribution is 6.01. The van der Waals surface area contributed by atoms with Gasteiger partial charge in [0.1, 0.15) is 5.82 Å². The van der Waals surface area contributed by atoms with Crippen LogP contribution in [0.25, 0.3) is 0 Å². The van der Waals surface area contributed by atoms with Crippen molar-refractivity contribution < 1.29 is 14.0 Å². The largest absolute Gasteiger partial charge is 0.382 e. The second-order valence-electron chi connectivity index (χ2n) is 5.02. The Labute approximate surface area is 123 Å². The predicted molar refractivity (Wildman–Crippen MR) is 78.7 cm³/mol. The van der Waals surface area contributed by atoms with Gasteiger partial charge in [-0.05, 0) is 25.0 Å². The van der Waals surface area contributed by atoms with Crippen molar-refractivity contribution in [3.05, 3.63) is 29.6 Å². The van der Waals surface area contributed by atoms with Gasteiger partial charge in [-0.1, -0.05) is 13.0 Å². The molecule has 2 rings (SSSR count). The van der Waals surface area contributed by atoms with Gasteiger partial charge in [0.2, 0.25) is 5.91 Å². The zero-order valence-corrected chi connectivity index (χ0v) is 12.1. The first kappa shape index (κ1) is 15.3. The summed E-state index contributed by atoms with van der Waals surface area (Å²) < 4.78 is 13.9. The van der Waals surface area contributed by atoms with Crippen LogP contribution < -0.4 is 10.6 Å². The molecule has 0 spiro atoms. The Morgan fingerprint density at radius 2 is 2.29 bits per heavy atom. The standard InChI is InChI=1S/C15H20FN3O2/c1-2-7-18-14-11(5-3-6-12(14)16)15(21)19-9-4-8-17-13(20)10-19/h3,5-6,18H,2,4,7-10H2,1H3,(H,17,20). The monoisotopic (exact) mass is 293 g/mol. The number of nitrogens with zero attached hydrogens (tertiary/aromatic N) is 1. The molecule has 1 fully saturated rings. The van der Waals surface area contributed by atoms with Gasteiger partial charge < -0.3 is 15.5 Å². The lowest BCUT2D eigenvalue weighted by molar-refractivity contribution is -0.121.